The van der Waals surface area contributed by atoms with Crippen LogP contribution in [0.5, 0.6) is 5.75 Å². The van der Waals surface area contributed by atoms with Crippen molar-refractivity contribution in [3.8, 4) is 11.8 Å². The minimum absolute atomic E-state index is 0.233. The third-order valence-corrected chi connectivity index (χ3v) is 3.56. The molecule has 26 heavy (non-hydrogen) atoms. The fourth-order valence-corrected chi connectivity index (χ4v) is 2.18. The number of carbonyl (C=O) groups excluding carboxylic acids is 2. The lowest BCUT2D eigenvalue weighted by atomic mass is 10.1. The maximum absolute atomic E-state index is 12.0. The van der Waals surface area contributed by atoms with Gasteiger partial charge >= 0.3 is 5.97 Å². The number of amides is 1. The number of nitriles is 1. The second kappa shape index (κ2) is 9.25. The molecule has 6 nitrogen and oxygen atoms in total. The molecule has 0 spiro atoms. The Balaban J connectivity index is 1.98. The standard InChI is InChI=1S/C19H15ClN2O4/c1-25-15-6-4-5-13(10-15)9-14(11-21)19(24)26-12-18(23)22-17-8-3-2-7-16(17)20/h2-10H,12H2,1H3,(H,22,23)/b14-9+. The van der Waals surface area contributed by atoms with E-state index >= 15 is 0 Å². The highest BCUT2D eigenvalue weighted by atomic mass is 35.5. The van der Waals surface area contributed by atoms with Gasteiger partial charge in [-0.1, -0.05) is 35.9 Å². The van der Waals surface area contributed by atoms with E-state index in [4.69, 9.17) is 26.3 Å². The molecular weight excluding hydrogens is 356 g/mol. The van der Waals surface area contributed by atoms with E-state index < -0.39 is 18.5 Å². The van der Waals surface area contributed by atoms with Crippen molar-refractivity contribution in [1.29, 1.82) is 5.26 Å². The molecule has 1 amide bonds. The Labute approximate surface area is 155 Å². The normalized spacial score (nSPS) is 10.6. The van der Waals surface area contributed by atoms with E-state index in [1.54, 1.807) is 54.6 Å². The molecule has 0 aliphatic carbocycles. The van der Waals surface area contributed by atoms with Crippen molar-refractivity contribution in [2.75, 3.05) is 19.0 Å². The third kappa shape index (κ3) is 5.36. The van der Waals surface area contributed by atoms with Crippen molar-refractivity contribution in [1.82, 2.24) is 0 Å². The molecule has 1 N–H and O–H groups in total. The Morgan fingerprint density at radius 1 is 1.23 bits per heavy atom. The summed E-state index contributed by atoms with van der Waals surface area (Å²) >= 11 is 5.93. The van der Waals surface area contributed by atoms with Gasteiger partial charge < -0.3 is 14.8 Å². The average molecular weight is 371 g/mol. The number of nitrogens with zero attached hydrogens (tertiary/aromatic N) is 1. The smallest absolute Gasteiger partial charge is 0.349 e. The number of hydrogen-bond acceptors (Lipinski definition) is 5. The van der Waals surface area contributed by atoms with Gasteiger partial charge in [0.1, 0.15) is 17.4 Å². The molecule has 0 aliphatic rings. The van der Waals surface area contributed by atoms with Gasteiger partial charge in [0, 0.05) is 0 Å². The number of ether oxygens (including phenoxy) is 2. The highest BCUT2D eigenvalue weighted by molar-refractivity contribution is 6.33. The van der Waals surface area contributed by atoms with Gasteiger partial charge in [-0.15, -0.1) is 0 Å². The number of esters is 1. The number of halogens is 1. The van der Waals surface area contributed by atoms with E-state index in [2.05, 4.69) is 5.32 Å². The Kier molecular flexibility index (Phi) is 6.77. The molecule has 0 unspecified atom stereocenters. The predicted molar refractivity (Wildman–Crippen MR) is 97.6 cm³/mol. The third-order valence-electron chi connectivity index (χ3n) is 3.23. The number of benzene rings is 2. The maximum atomic E-state index is 12.0. The Bertz CT molecular complexity index is 887. The Hall–Kier alpha value is -3.30. The van der Waals surface area contributed by atoms with Crippen molar-refractivity contribution in [2.45, 2.75) is 0 Å². The monoisotopic (exact) mass is 370 g/mol. The summed E-state index contributed by atoms with van der Waals surface area (Å²) in [4.78, 5) is 23.9. The lowest BCUT2D eigenvalue weighted by Gasteiger charge is -2.07. The summed E-state index contributed by atoms with van der Waals surface area (Å²) in [6.07, 6.45) is 1.36. The van der Waals surface area contributed by atoms with Crippen LogP contribution in [0.4, 0.5) is 5.69 Å². The van der Waals surface area contributed by atoms with Gasteiger partial charge in [-0.2, -0.15) is 5.26 Å². The number of para-hydroxylation sites is 1. The summed E-state index contributed by atoms with van der Waals surface area (Å²) in [5.74, 6) is -0.877. The van der Waals surface area contributed by atoms with Crippen molar-refractivity contribution in [3.05, 3.63) is 64.7 Å². The number of carbonyl (C=O) groups is 2. The zero-order chi connectivity index (χ0) is 18.9. The van der Waals surface area contributed by atoms with Crippen LogP contribution in [0.3, 0.4) is 0 Å². The molecule has 2 rings (SSSR count). The van der Waals surface area contributed by atoms with Crippen molar-refractivity contribution < 1.29 is 19.1 Å². The Morgan fingerprint density at radius 2 is 2.00 bits per heavy atom. The van der Waals surface area contributed by atoms with E-state index in [9.17, 15) is 9.59 Å². The molecule has 2 aromatic rings. The summed E-state index contributed by atoms with van der Waals surface area (Å²) in [7, 11) is 1.51. The molecule has 0 saturated carbocycles. The summed E-state index contributed by atoms with van der Waals surface area (Å²) in [5, 5.41) is 12.0. The van der Waals surface area contributed by atoms with E-state index in [0.717, 1.165) is 0 Å². The minimum Gasteiger partial charge on any atom is -0.497 e. The number of methoxy groups -OCH3 is 1. The molecule has 132 valence electrons. The molecule has 7 heteroatoms. The highest BCUT2D eigenvalue weighted by Crippen LogP contribution is 2.20. The molecular formula is C19H15ClN2O4. The summed E-state index contributed by atoms with van der Waals surface area (Å²) in [5.41, 5.74) is 0.768. The van der Waals surface area contributed by atoms with E-state index in [-0.39, 0.29) is 5.57 Å². The number of hydrogen-bond donors (Lipinski definition) is 1. The van der Waals surface area contributed by atoms with Gasteiger partial charge in [0.2, 0.25) is 0 Å². The lowest BCUT2D eigenvalue weighted by molar-refractivity contribution is -0.142. The number of rotatable bonds is 6. The molecule has 0 saturated heterocycles. The van der Waals surface area contributed by atoms with Gasteiger partial charge in [-0.05, 0) is 35.9 Å². The lowest BCUT2D eigenvalue weighted by Crippen LogP contribution is -2.21. The van der Waals surface area contributed by atoms with Crippen LogP contribution in [0.1, 0.15) is 5.56 Å². The van der Waals surface area contributed by atoms with Crippen molar-refractivity contribution in [2.24, 2.45) is 0 Å². The van der Waals surface area contributed by atoms with Crippen LogP contribution < -0.4 is 10.1 Å². The first kappa shape index (κ1) is 19.0. The van der Waals surface area contributed by atoms with Gasteiger partial charge in [-0.3, -0.25) is 4.79 Å². The highest BCUT2D eigenvalue weighted by Gasteiger charge is 2.14. The van der Waals surface area contributed by atoms with Gasteiger partial charge in [-0.25, -0.2) is 4.79 Å². The van der Waals surface area contributed by atoms with Crippen molar-refractivity contribution in [3.63, 3.8) is 0 Å². The molecule has 0 fully saturated rings. The number of anilines is 1. The zero-order valence-electron chi connectivity index (χ0n) is 13.9. The van der Waals surface area contributed by atoms with E-state index in [1.807, 2.05) is 0 Å². The van der Waals surface area contributed by atoms with Crippen LogP contribution >= 0.6 is 11.6 Å². The quantitative estimate of drug-likeness (QED) is 0.478. The second-order valence-corrected chi connectivity index (χ2v) is 5.46. The van der Waals surface area contributed by atoms with E-state index in [0.29, 0.717) is 22.0 Å². The van der Waals surface area contributed by atoms with Crippen LogP contribution in [0.15, 0.2) is 54.1 Å². The zero-order valence-corrected chi connectivity index (χ0v) is 14.6. The van der Waals surface area contributed by atoms with Crippen LogP contribution in [0.25, 0.3) is 6.08 Å². The van der Waals surface area contributed by atoms with Crippen molar-refractivity contribution >= 4 is 35.2 Å². The molecule has 0 heterocycles. The van der Waals surface area contributed by atoms with Crippen LogP contribution in [0.2, 0.25) is 5.02 Å². The van der Waals surface area contributed by atoms with Gasteiger partial charge in [0.25, 0.3) is 5.91 Å². The second-order valence-electron chi connectivity index (χ2n) is 5.05. The topological polar surface area (TPSA) is 88.4 Å². The van der Waals surface area contributed by atoms with Crippen LogP contribution in [-0.4, -0.2) is 25.6 Å². The first-order valence-corrected chi connectivity index (χ1v) is 7.88. The average Bonchev–Trinajstić information content (AvgIpc) is 2.66. The fourth-order valence-electron chi connectivity index (χ4n) is 1.99. The number of nitrogens with one attached hydrogen (secondary N) is 1. The maximum Gasteiger partial charge on any atom is 0.349 e. The largest absolute Gasteiger partial charge is 0.497 e. The van der Waals surface area contributed by atoms with Crippen LogP contribution in [-0.2, 0) is 14.3 Å². The summed E-state index contributed by atoms with van der Waals surface area (Å²) in [6, 6.07) is 15.3. The molecule has 2 aromatic carbocycles. The predicted octanol–water partition coefficient (Wildman–Crippen LogP) is 3.44. The molecule has 0 aromatic heterocycles. The first-order valence-electron chi connectivity index (χ1n) is 7.51. The Morgan fingerprint density at radius 3 is 2.69 bits per heavy atom. The summed E-state index contributed by atoms with van der Waals surface area (Å²) in [6.45, 7) is -0.540. The minimum atomic E-state index is -0.898. The first-order chi connectivity index (χ1) is 12.5. The molecule has 0 atom stereocenters. The van der Waals surface area contributed by atoms with Crippen LogP contribution in [0, 0.1) is 11.3 Å². The molecule has 0 aliphatic heterocycles. The van der Waals surface area contributed by atoms with Gasteiger partial charge in [0.15, 0.2) is 6.61 Å². The molecule has 0 radical (unpaired) electrons. The van der Waals surface area contributed by atoms with E-state index in [1.165, 1.54) is 13.2 Å². The molecule has 0 bridgehead atoms. The fraction of sp³-hybridized carbons (Fsp3) is 0.105. The summed E-state index contributed by atoms with van der Waals surface area (Å²) < 4.78 is 9.97. The van der Waals surface area contributed by atoms with Gasteiger partial charge in [0.05, 0.1) is 17.8 Å². The SMILES string of the molecule is COc1cccc(/C=C(\C#N)C(=O)OCC(=O)Nc2ccccc2Cl)c1.